The monoisotopic (exact) mass is 528 g/mol. The highest BCUT2D eigenvalue weighted by atomic mass is 16.5. The van der Waals surface area contributed by atoms with Crippen LogP contribution < -0.4 is 9.64 Å². The number of allylic oxidation sites excluding steroid dienone is 1. The van der Waals surface area contributed by atoms with Crippen LogP contribution in [0, 0.1) is 13.8 Å². The topological polar surface area (TPSA) is 87.1 Å². The molecule has 0 unspecified atom stereocenters. The van der Waals surface area contributed by atoms with Gasteiger partial charge in [-0.3, -0.25) is 9.69 Å². The van der Waals surface area contributed by atoms with Gasteiger partial charge in [0.15, 0.2) is 0 Å². The molecule has 39 heavy (non-hydrogen) atoms. The van der Waals surface area contributed by atoms with E-state index in [0.29, 0.717) is 35.0 Å². The Morgan fingerprint density at radius 3 is 2.26 bits per heavy atom. The second-order valence-electron chi connectivity index (χ2n) is 8.98. The summed E-state index contributed by atoms with van der Waals surface area (Å²) < 4.78 is 17.8. The van der Waals surface area contributed by atoms with Crippen molar-refractivity contribution >= 4 is 29.6 Å². The predicted molar refractivity (Wildman–Crippen MR) is 149 cm³/mol. The molecule has 0 aliphatic carbocycles. The van der Waals surface area contributed by atoms with E-state index in [1.54, 1.807) is 56.3 Å². The average Bonchev–Trinajstić information content (AvgIpc) is 3.34. The van der Waals surface area contributed by atoms with Crippen LogP contribution in [0.3, 0.4) is 0 Å². The van der Waals surface area contributed by atoms with Gasteiger partial charge in [-0.25, -0.2) is 9.59 Å². The van der Waals surface area contributed by atoms with E-state index < -0.39 is 11.9 Å². The number of para-hydroxylation sites is 1. The van der Waals surface area contributed by atoms with Gasteiger partial charge in [0.1, 0.15) is 5.75 Å². The van der Waals surface area contributed by atoms with Crippen molar-refractivity contribution in [3.05, 3.63) is 94.0 Å². The van der Waals surface area contributed by atoms with Crippen molar-refractivity contribution in [2.45, 2.75) is 34.6 Å². The lowest BCUT2D eigenvalue weighted by Gasteiger charge is -2.18. The summed E-state index contributed by atoms with van der Waals surface area (Å²) in [5, 5.41) is 0. The van der Waals surface area contributed by atoms with Crippen LogP contribution in [0.2, 0.25) is 0 Å². The van der Waals surface area contributed by atoms with E-state index in [1.165, 1.54) is 12.0 Å². The van der Waals surface area contributed by atoms with E-state index in [4.69, 9.17) is 14.2 Å². The molecule has 4 rings (SSSR count). The molecule has 3 aromatic rings. The molecule has 1 aromatic heterocycles. The molecular formula is C31H32N2O6. The number of methoxy groups -OCH3 is 1. The quantitative estimate of drug-likeness (QED) is 0.282. The number of carbonyl (C=O) groups is 3. The van der Waals surface area contributed by atoms with Crippen LogP contribution in [0.5, 0.6) is 5.75 Å². The highest BCUT2D eigenvalue weighted by Crippen LogP contribution is 2.37. The van der Waals surface area contributed by atoms with Gasteiger partial charge in [-0.1, -0.05) is 12.1 Å². The minimum Gasteiger partial charge on any atom is -0.494 e. The summed E-state index contributed by atoms with van der Waals surface area (Å²) in [7, 11) is 1.34. The minimum atomic E-state index is -0.562. The number of anilines is 1. The lowest BCUT2D eigenvalue weighted by Crippen LogP contribution is -2.24. The Kier molecular flexibility index (Phi) is 8.04. The fourth-order valence-corrected chi connectivity index (χ4v) is 4.86. The third kappa shape index (κ3) is 5.10. The molecule has 1 amide bonds. The van der Waals surface area contributed by atoms with Crippen LogP contribution >= 0.6 is 0 Å². The van der Waals surface area contributed by atoms with Crippen molar-refractivity contribution in [2.24, 2.45) is 0 Å². The fourth-order valence-electron chi connectivity index (χ4n) is 4.86. The molecule has 0 spiro atoms. The molecule has 0 atom stereocenters. The largest absolute Gasteiger partial charge is 0.494 e. The van der Waals surface area contributed by atoms with Gasteiger partial charge in [-0.2, -0.15) is 0 Å². The van der Waals surface area contributed by atoms with E-state index in [0.717, 1.165) is 17.0 Å². The van der Waals surface area contributed by atoms with E-state index in [-0.39, 0.29) is 23.7 Å². The zero-order valence-electron chi connectivity index (χ0n) is 23.0. The zero-order chi connectivity index (χ0) is 28.3. The highest BCUT2D eigenvalue weighted by Gasteiger charge is 2.38. The molecule has 0 saturated carbocycles. The molecule has 0 N–H and O–H groups in total. The van der Waals surface area contributed by atoms with Crippen LogP contribution in [0.1, 0.15) is 48.1 Å². The van der Waals surface area contributed by atoms with E-state index in [1.807, 2.05) is 43.5 Å². The molecular weight excluding hydrogens is 496 g/mol. The summed E-state index contributed by atoms with van der Waals surface area (Å²) in [6, 6.07) is 16.2. The van der Waals surface area contributed by atoms with E-state index >= 15 is 0 Å². The average molecular weight is 529 g/mol. The SMILES string of the molecule is CCOC(=O)C1=C(C)N(c2ccc(OCC)cc2)C(=O)/C1=C\c1cc(C)n(-c2ccccc2C(=O)OC)c1C. The molecule has 1 aliphatic heterocycles. The fraction of sp³-hybridized carbons (Fsp3) is 0.258. The summed E-state index contributed by atoms with van der Waals surface area (Å²) >= 11 is 0. The first kappa shape index (κ1) is 27.4. The number of rotatable bonds is 8. The lowest BCUT2D eigenvalue weighted by molar-refractivity contribution is -0.138. The number of aryl methyl sites for hydroxylation is 1. The number of carbonyl (C=O) groups excluding carboxylic acids is 3. The van der Waals surface area contributed by atoms with Gasteiger partial charge in [-0.05, 0) is 88.7 Å². The number of hydrogen-bond donors (Lipinski definition) is 0. The van der Waals surface area contributed by atoms with Crippen LogP contribution in [-0.2, 0) is 19.1 Å². The van der Waals surface area contributed by atoms with Crippen molar-refractivity contribution < 1.29 is 28.6 Å². The van der Waals surface area contributed by atoms with Gasteiger partial charge in [0, 0.05) is 22.8 Å². The normalized spacial score (nSPS) is 14.3. The first-order chi connectivity index (χ1) is 18.7. The Bertz CT molecular complexity index is 1490. The number of ether oxygens (including phenoxy) is 3. The summed E-state index contributed by atoms with van der Waals surface area (Å²) in [5.41, 5.74) is 5.02. The molecule has 2 heterocycles. The number of hydrogen-bond acceptors (Lipinski definition) is 6. The standard InChI is InChI=1S/C31H32N2O6/c1-7-38-24-15-13-23(14-16-24)33-21(5)28(31(36)39-8-2)26(29(33)34)18-22-17-19(3)32(20(22)4)27-12-10-9-11-25(27)30(35)37-6/h9-18H,7-8H2,1-6H3/b26-18-. The van der Waals surface area contributed by atoms with Gasteiger partial charge in [0.25, 0.3) is 5.91 Å². The van der Waals surface area contributed by atoms with Gasteiger partial charge in [0.05, 0.1) is 42.7 Å². The van der Waals surface area contributed by atoms with Gasteiger partial charge < -0.3 is 18.8 Å². The van der Waals surface area contributed by atoms with Crippen LogP contribution in [-0.4, -0.2) is 42.7 Å². The van der Waals surface area contributed by atoms with Crippen molar-refractivity contribution in [1.29, 1.82) is 0 Å². The molecule has 8 heteroatoms. The molecule has 0 fully saturated rings. The number of aromatic nitrogens is 1. The number of nitrogens with zero attached hydrogens (tertiary/aromatic N) is 2. The van der Waals surface area contributed by atoms with Crippen molar-refractivity contribution in [2.75, 3.05) is 25.2 Å². The molecule has 202 valence electrons. The third-order valence-corrected chi connectivity index (χ3v) is 6.61. The Morgan fingerprint density at radius 1 is 0.923 bits per heavy atom. The van der Waals surface area contributed by atoms with Gasteiger partial charge >= 0.3 is 11.9 Å². The number of esters is 2. The first-order valence-corrected chi connectivity index (χ1v) is 12.8. The maximum absolute atomic E-state index is 13.8. The van der Waals surface area contributed by atoms with Crippen LogP contribution in [0.25, 0.3) is 11.8 Å². The third-order valence-electron chi connectivity index (χ3n) is 6.61. The van der Waals surface area contributed by atoms with Crippen LogP contribution in [0.4, 0.5) is 5.69 Å². The predicted octanol–water partition coefficient (Wildman–Crippen LogP) is 5.55. The second kappa shape index (κ2) is 11.4. The zero-order valence-corrected chi connectivity index (χ0v) is 23.0. The summed E-state index contributed by atoms with van der Waals surface area (Å²) in [4.78, 5) is 40.8. The molecule has 0 bridgehead atoms. The Balaban J connectivity index is 1.83. The van der Waals surface area contributed by atoms with Crippen molar-refractivity contribution in [3.8, 4) is 11.4 Å². The summed E-state index contributed by atoms with van der Waals surface area (Å²) in [5.74, 6) is -0.652. The maximum atomic E-state index is 13.8. The first-order valence-electron chi connectivity index (χ1n) is 12.8. The maximum Gasteiger partial charge on any atom is 0.340 e. The molecule has 0 radical (unpaired) electrons. The van der Waals surface area contributed by atoms with Crippen molar-refractivity contribution in [1.82, 2.24) is 4.57 Å². The smallest absolute Gasteiger partial charge is 0.340 e. The number of benzene rings is 2. The van der Waals surface area contributed by atoms with E-state index in [9.17, 15) is 14.4 Å². The number of amides is 1. The Labute approximate surface area is 228 Å². The van der Waals surface area contributed by atoms with Crippen molar-refractivity contribution in [3.63, 3.8) is 0 Å². The molecule has 2 aromatic carbocycles. The van der Waals surface area contributed by atoms with E-state index in [2.05, 4.69) is 0 Å². The lowest BCUT2D eigenvalue weighted by atomic mass is 10.0. The van der Waals surface area contributed by atoms with Crippen LogP contribution in [0.15, 0.2) is 71.4 Å². The van der Waals surface area contributed by atoms with Gasteiger partial charge in [0.2, 0.25) is 0 Å². The summed E-state index contributed by atoms with van der Waals surface area (Å²) in [6.07, 6.45) is 1.71. The highest BCUT2D eigenvalue weighted by molar-refractivity contribution is 6.24. The molecule has 1 aliphatic rings. The molecule has 8 nitrogen and oxygen atoms in total. The van der Waals surface area contributed by atoms with Gasteiger partial charge in [-0.15, -0.1) is 0 Å². The summed E-state index contributed by atoms with van der Waals surface area (Å²) in [6.45, 7) is 9.89. The Morgan fingerprint density at radius 2 is 1.62 bits per heavy atom. The Hall–Kier alpha value is -4.59. The molecule has 0 saturated heterocycles. The second-order valence-corrected chi connectivity index (χ2v) is 8.98. The minimum absolute atomic E-state index is 0.180.